The molecule has 3 rings (SSSR count). The second-order valence-corrected chi connectivity index (χ2v) is 6.33. The highest BCUT2D eigenvalue weighted by atomic mass is 16.6. The zero-order valence-electron chi connectivity index (χ0n) is 12.3. The molecule has 0 spiro atoms. The van der Waals surface area contributed by atoms with Gasteiger partial charge in [-0.3, -0.25) is 15.0 Å². The Morgan fingerprint density at radius 1 is 1.24 bits per heavy atom. The second kappa shape index (κ2) is 6.02. The lowest BCUT2D eigenvalue weighted by molar-refractivity contribution is -0.384. The van der Waals surface area contributed by atoms with Gasteiger partial charge in [0.2, 0.25) is 0 Å². The lowest BCUT2D eigenvalue weighted by atomic mass is 9.95. The lowest BCUT2D eigenvalue weighted by Gasteiger charge is -2.29. The summed E-state index contributed by atoms with van der Waals surface area (Å²) >= 11 is 0. The van der Waals surface area contributed by atoms with Gasteiger partial charge in [-0.1, -0.05) is 25.0 Å². The van der Waals surface area contributed by atoms with Gasteiger partial charge in [-0.2, -0.15) is 0 Å². The number of anilines is 1. The quantitative estimate of drug-likeness (QED) is 0.524. The number of nitro benzene ring substituents is 1. The first-order valence-electron chi connectivity index (χ1n) is 7.92. The molecule has 5 heteroatoms. The summed E-state index contributed by atoms with van der Waals surface area (Å²) in [5, 5.41) is 11.0. The predicted octanol–water partition coefficient (Wildman–Crippen LogP) is 3.33. The van der Waals surface area contributed by atoms with Crippen molar-refractivity contribution in [2.45, 2.75) is 51.1 Å². The van der Waals surface area contributed by atoms with E-state index in [4.69, 9.17) is 5.73 Å². The molecule has 1 saturated heterocycles. The monoisotopic (exact) mass is 289 g/mol. The molecule has 1 aromatic rings. The Bertz CT molecular complexity index is 526. The average Bonchev–Trinajstić information content (AvgIpc) is 3.11. The predicted molar refractivity (Wildman–Crippen MR) is 82.9 cm³/mol. The van der Waals surface area contributed by atoms with Crippen molar-refractivity contribution in [1.29, 1.82) is 0 Å². The molecular weight excluding hydrogens is 266 g/mol. The van der Waals surface area contributed by atoms with Gasteiger partial charge in [0.1, 0.15) is 5.69 Å². The van der Waals surface area contributed by atoms with E-state index in [1.165, 1.54) is 44.6 Å². The van der Waals surface area contributed by atoms with Crippen LogP contribution in [-0.2, 0) is 6.54 Å². The first-order chi connectivity index (χ1) is 10.2. The summed E-state index contributed by atoms with van der Waals surface area (Å²) in [4.78, 5) is 13.1. The van der Waals surface area contributed by atoms with E-state index in [0.717, 1.165) is 24.6 Å². The number of benzene rings is 1. The van der Waals surface area contributed by atoms with Gasteiger partial charge in [0.15, 0.2) is 0 Å². The van der Waals surface area contributed by atoms with Crippen LogP contribution < -0.4 is 5.73 Å². The Hall–Kier alpha value is -1.62. The van der Waals surface area contributed by atoms with Gasteiger partial charge < -0.3 is 5.73 Å². The third kappa shape index (κ3) is 2.88. The van der Waals surface area contributed by atoms with E-state index >= 15 is 0 Å². The van der Waals surface area contributed by atoms with Crippen LogP contribution in [0.15, 0.2) is 18.2 Å². The van der Waals surface area contributed by atoms with E-state index in [2.05, 4.69) is 4.90 Å². The molecule has 114 valence electrons. The van der Waals surface area contributed by atoms with Gasteiger partial charge in [0, 0.05) is 18.7 Å². The number of nitrogens with two attached hydrogens (primary N) is 1. The Morgan fingerprint density at radius 3 is 2.71 bits per heavy atom. The highest BCUT2D eigenvalue weighted by molar-refractivity contribution is 5.62. The Kier molecular flexibility index (Phi) is 4.10. The van der Waals surface area contributed by atoms with Gasteiger partial charge in [0.05, 0.1) is 4.92 Å². The summed E-state index contributed by atoms with van der Waals surface area (Å²) in [5.74, 6) is 0.812. The molecule has 0 amide bonds. The normalized spacial score (nSPS) is 23.7. The van der Waals surface area contributed by atoms with Crippen LogP contribution in [0.25, 0.3) is 0 Å². The van der Waals surface area contributed by atoms with Gasteiger partial charge in [-0.05, 0) is 43.7 Å². The van der Waals surface area contributed by atoms with Crippen molar-refractivity contribution >= 4 is 11.4 Å². The highest BCUT2D eigenvalue weighted by Gasteiger charge is 2.33. The van der Waals surface area contributed by atoms with Gasteiger partial charge in [-0.15, -0.1) is 0 Å². The molecule has 2 N–H and O–H groups in total. The smallest absolute Gasteiger partial charge is 0.292 e. The maximum atomic E-state index is 11.0. The van der Waals surface area contributed by atoms with E-state index < -0.39 is 4.92 Å². The average molecular weight is 289 g/mol. The number of hydrogen-bond donors (Lipinski definition) is 1. The van der Waals surface area contributed by atoms with Crippen LogP contribution in [0.2, 0.25) is 0 Å². The van der Waals surface area contributed by atoms with Crippen LogP contribution >= 0.6 is 0 Å². The molecular formula is C16H23N3O2. The molecule has 2 aliphatic rings. The largest absolute Gasteiger partial charge is 0.393 e. The van der Waals surface area contributed by atoms with E-state index in [-0.39, 0.29) is 5.69 Å². The van der Waals surface area contributed by atoms with Gasteiger partial charge >= 0.3 is 0 Å². The van der Waals surface area contributed by atoms with Gasteiger partial charge in [0.25, 0.3) is 5.69 Å². The van der Waals surface area contributed by atoms with Crippen molar-refractivity contribution in [3.8, 4) is 0 Å². The van der Waals surface area contributed by atoms with Crippen molar-refractivity contribution in [3.05, 3.63) is 33.9 Å². The number of nitrogen functional groups attached to an aromatic ring is 1. The van der Waals surface area contributed by atoms with Crippen LogP contribution in [0.3, 0.4) is 0 Å². The number of hydrogen-bond acceptors (Lipinski definition) is 4. The zero-order valence-corrected chi connectivity index (χ0v) is 12.3. The van der Waals surface area contributed by atoms with Crippen molar-refractivity contribution in [3.63, 3.8) is 0 Å². The molecule has 1 aliphatic heterocycles. The van der Waals surface area contributed by atoms with Crippen LogP contribution in [0.4, 0.5) is 11.4 Å². The van der Waals surface area contributed by atoms with E-state index in [1.807, 2.05) is 6.07 Å². The molecule has 5 nitrogen and oxygen atoms in total. The fraction of sp³-hybridized carbons (Fsp3) is 0.625. The van der Waals surface area contributed by atoms with E-state index in [9.17, 15) is 10.1 Å². The molecule has 0 bridgehead atoms. The Morgan fingerprint density at radius 2 is 2.00 bits per heavy atom. The zero-order chi connectivity index (χ0) is 14.8. The Balaban J connectivity index is 1.76. The minimum Gasteiger partial charge on any atom is -0.393 e. The molecule has 0 radical (unpaired) electrons. The topological polar surface area (TPSA) is 72.4 Å². The van der Waals surface area contributed by atoms with Crippen LogP contribution in [-0.4, -0.2) is 22.4 Å². The summed E-state index contributed by atoms with van der Waals surface area (Å²) < 4.78 is 0. The highest BCUT2D eigenvalue weighted by Crippen LogP contribution is 2.37. The van der Waals surface area contributed by atoms with E-state index in [0.29, 0.717) is 11.7 Å². The fourth-order valence-electron chi connectivity index (χ4n) is 4.04. The molecule has 21 heavy (non-hydrogen) atoms. The maximum Gasteiger partial charge on any atom is 0.292 e. The third-order valence-electron chi connectivity index (χ3n) is 5.10. The number of rotatable bonds is 4. The standard InChI is InChI=1S/C16H23N3O2/c17-16-13(7-3-8-15(16)19(20)21)11-18-10-4-9-14(18)12-5-1-2-6-12/h3,7-8,12,14H,1-2,4-6,9-11,17H2. The molecule has 1 aromatic carbocycles. The lowest BCUT2D eigenvalue weighted by Crippen LogP contribution is -2.34. The van der Waals surface area contributed by atoms with Crippen LogP contribution in [0.5, 0.6) is 0 Å². The minimum atomic E-state index is -0.392. The molecule has 1 atom stereocenters. The minimum absolute atomic E-state index is 0.0316. The Labute approximate surface area is 125 Å². The first kappa shape index (κ1) is 14.3. The molecule has 2 fully saturated rings. The molecule has 1 heterocycles. The summed E-state index contributed by atoms with van der Waals surface area (Å²) in [6.07, 6.45) is 7.88. The van der Waals surface area contributed by atoms with Crippen molar-refractivity contribution in [2.24, 2.45) is 5.92 Å². The van der Waals surface area contributed by atoms with Crippen molar-refractivity contribution in [2.75, 3.05) is 12.3 Å². The number of likely N-dealkylation sites (tertiary alicyclic amines) is 1. The third-order valence-corrected chi connectivity index (χ3v) is 5.10. The molecule has 1 unspecified atom stereocenters. The molecule has 1 saturated carbocycles. The first-order valence-corrected chi connectivity index (χ1v) is 7.92. The summed E-state index contributed by atoms with van der Waals surface area (Å²) in [7, 11) is 0. The van der Waals surface area contributed by atoms with E-state index in [1.54, 1.807) is 6.07 Å². The summed E-state index contributed by atoms with van der Waals surface area (Å²) in [5.41, 5.74) is 7.25. The van der Waals surface area contributed by atoms with Crippen molar-refractivity contribution < 1.29 is 4.92 Å². The second-order valence-electron chi connectivity index (χ2n) is 6.33. The molecule has 0 aromatic heterocycles. The SMILES string of the molecule is Nc1c(CN2CCCC2C2CCCC2)cccc1[N+](=O)[O-]. The van der Waals surface area contributed by atoms with Crippen LogP contribution in [0.1, 0.15) is 44.1 Å². The van der Waals surface area contributed by atoms with Crippen LogP contribution in [0, 0.1) is 16.0 Å². The fourth-order valence-corrected chi connectivity index (χ4v) is 4.04. The van der Waals surface area contributed by atoms with Gasteiger partial charge in [-0.25, -0.2) is 0 Å². The number of para-hydroxylation sites is 1. The number of nitro groups is 1. The maximum absolute atomic E-state index is 11.0. The van der Waals surface area contributed by atoms with Crippen molar-refractivity contribution in [1.82, 2.24) is 4.90 Å². The molecule has 1 aliphatic carbocycles. The summed E-state index contributed by atoms with van der Waals surface area (Å²) in [6, 6.07) is 5.79. The summed E-state index contributed by atoms with van der Waals surface area (Å²) in [6.45, 7) is 1.83. The number of nitrogens with zero attached hydrogens (tertiary/aromatic N) is 2.